The van der Waals surface area contributed by atoms with Gasteiger partial charge in [0.1, 0.15) is 0 Å². The summed E-state index contributed by atoms with van der Waals surface area (Å²) in [6.07, 6.45) is 4.37. The van der Waals surface area contributed by atoms with E-state index in [1.54, 1.807) is 12.4 Å². The van der Waals surface area contributed by atoms with Crippen molar-refractivity contribution >= 4 is 0 Å². The lowest BCUT2D eigenvalue weighted by Gasteiger charge is -2.19. The highest BCUT2D eigenvalue weighted by atomic mass is 16.3. The Bertz CT molecular complexity index is 405. The first-order valence-electron chi connectivity index (χ1n) is 6.21. The van der Waals surface area contributed by atoms with Crippen LogP contribution in [0.25, 0.3) is 0 Å². The molecule has 0 aliphatic rings. The Balaban J connectivity index is 2.18. The van der Waals surface area contributed by atoms with Gasteiger partial charge in [-0.05, 0) is 36.2 Å². The molecule has 0 unspecified atom stereocenters. The smallest absolute Gasteiger partial charge is 0.0577 e. The van der Waals surface area contributed by atoms with E-state index in [9.17, 15) is 0 Å². The van der Waals surface area contributed by atoms with E-state index in [1.807, 2.05) is 30.3 Å². The van der Waals surface area contributed by atoms with Gasteiger partial charge in [0, 0.05) is 19.0 Å². The van der Waals surface area contributed by atoms with Crippen LogP contribution < -0.4 is 5.32 Å². The van der Waals surface area contributed by atoms with Gasteiger partial charge in [-0.3, -0.25) is 4.98 Å². The average molecular weight is 242 g/mol. The number of nitrogens with zero attached hydrogens (tertiary/aromatic N) is 1. The van der Waals surface area contributed by atoms with E-state index in [4.69, 9.17) is 5.11 Å². The summed E-state index contributed by atoms with van der Waals surface area (Å²) in [4.78, 5) is 4.05. The van der Waals surface area contributed by atoms with Gasteiger partial charge < -0.3 is 10.4 Å². The lowest BCUT2D eigenvalue weighted by Crippen LogP contribution is -2.24. The molecule has 3 heteroatoms. The van der Waals surface area contributed by atoms with Crippen molar-refractivity contribution in [3.63, 3.8) is 0 Å². The summed E-state index contributed by atoms with van der Waals surface area (Å²) in [6, 6.07) is 14.5. The second-order valence-electron chi connectivity index (χ2n) is 4.16. The standard InChI is InChI=1S/C15H18N2O/c18-12-4-9-17-15(13-5-2-1-3-6-13)14-7-10-16-11-8-14/h1-3,5-8,10-11,15,17-18H,4,9,12H2/t15-/m0/s1. The third kappa shape index (κ3) is 3.39. The Morgan fingerprint density at radius 1 is 1.00 bits per heavy atom. The molecule has 2 aromatic rings. The molecule has 0 saturated carbocycles. The molecule has 1 heterocycles. The summed E-state index contributed by atoms with van der Waals surface area (Å²) in [5, 5.41) is 12.3. The van der Waals surface area contributed by atoms with Gasteiger partial charge in [-0.25, -0.2) is 0 Å². The van der Waals surface area contributed by atoms with Crippen LogP contribution in [0.5, 0.6) is 0 Å². The van der Waals surface area contributed by atoms with E-state index < -0.39 is 0 Å². The molecule has 1 aromatic carbocycles. The van der Waals surface area contributed by atoms with E-state index in [1.165, 1.54) is 11.1 Å². The number of aliphatic hydroxyl groups is 1. The lowest BCUT2D eigenvalue weighted by atomic mass is 9.99. The Morgan fingerprint density at radius 3 is 2.33 bits per heavy atom. The third-order valence-corrected chi connectivity index (χ3v) is 2.86. The molecule has 2 rings (SSSR count). The molecule has 0 spiro atoms. The zero-order valence-electron chi connectivity index (χ0n) is 10.3. The Hall–Kier alpha value is -1.71. The van der Waals surface area contributed by atoms with Gasteiger partial charge in [0.05, 0.1) is 6.04 Å². The highest BCUT2D eigenvalue weighted by molar-refractivity contribution is 5.30. The number of nitrogens with one attached hydrogen (secondary N) is 1. The summed E-state index contributed by atoms with van der Waals surface area (Å²) in [5.74, 6) is 0. The van der Waals surface area contributed by atoms with Crippen molar-refractivity contribution in [2.45, 2.75) is 12.5 Å². The van der Waals surface area contributed by atoms with Crippen LogP contribution in [0.2, 0.25) is 0 Å². The molecule has 0 radical (unpaired) electrons. The molecule has 3 nitrogen and oxygen atoms in total. The van der Waals surface area contributed by atoms with E-state index in [2.05, 4.69) is 22.4 Å². The van der Waals surface area contributed by atoms with Crippen molar-refractivity contribution in [2.75, 3.05) is 13.2 Å². The first-order chi connectivity index (χ1) is 8.92. The number of benzene rings is 1. The van der Waals surface area contributed by atoms with Crippen LogP contribution in [-0.4, -0.2) is 23.2 Å². The molecule has 0 amide bonds. The van der Waals surface area contributed by atoms with Gasteiger partial charge in [0.15, 0.2) is 0 Å². The van der Waals surface area contributed by atoms with Crippen molar-refractivity contribution in [1.82, 2.24) is 10.3 Å². The van der Waals surface area contributed by atoms with Crippen molar-refractivity contribution in [2.24, 2.45) is 0 Å². The highest BCUT2D eigenvalue weighted by Gasteiger charge is 2.12. The first kappa shape index (κ1) is 12.7. The predicted octanol–water partition coefficient (Wildman–Crippen LogP) is 2.14. The molecule has 94 valence electrons. The summed E-state index contributed by atoms with van der Waals surface area (Å²) in [6.45, 7) is 1.00. The van der Waals surface area contributed by atoms with Crippen molar-refractivity contribution in [3.8, 4) is 0 Å². The number of pyridine rings is 1. The van der Waals surface area contributed by atoms with Crippen LogP contribution in [0.1, 0.15) is 23.6 Å². The molecular formula is C15H18N2O. The zero-order valence-corrected chi connectivity index (χ0v) is 10.3. The van der Waals surface area contributed by atoms with E-state index in [-0.39, 0.29) is 12.6 Å². The topological polar surface area (TPSA) is 45.1 Å². The molecule has 1 atom stereocenters. The largest absolute Gasteiger partial charge is 0.396 e. The zero-order chi connectivity index (χ0) is 12.6. The van der Waals surface area contributed by atoms with E-state index >= 15 is 0 Å². The fourth-order valence-electron chi connectivity index (χ4n) is 1.95. The fourth-order valence-corrected chi connectivity index (χ4v) is 1.95. The third-order valence-electron chi connectivity index (χ3n) is 2.86. The maximum Gasteiger partial charge on any atom is 0.0577 e. The van der Waals surface area contributed by atoms with Gasteiger partial charge in [0.2, 0.25) is 0 Å². The van der Waals surface area contributed by atoms with Crippen LogP contribution in [-0.2, 0) is 0 Å². The SMILES string of the molecule is OCCCN[C@@H](c1ccccc1)c1ccncc1. The van der Waals surface area contributed by atoms with Crippen LogP contribution in [0.4, 0.5) is 0 Å². The molecule has 0 bridgehead atoms. The molecule has 0 saturated heterocycles. The highest BCUT2D eigenvalue weighted by Crippen LogP contribution is 2.20. The summed E-state index contributed by atoms with van der Waals surface area (Å²) in [7, 11) is 0. The number of aromatic nitrogens is 1. The van der Waals surface area contributed by atoms with Gasteiger partial charge >= 0.3 is 0 Å². The maximum absolute atomic E-state index is 8.87. The van der Waals surface area contributed by atoms with Gasteiger partial charge in [0.25, 0.3) is 0 Å². The van der Waals surface area contributed by atoms with E-state index in [0.717, 1.165) is 13.0 Å². The number of aliphatic hydroxyl groups excluding tert-OH is 1. The number of hydrogen-bond acceptors (Lipinski definition) is 3. The van der Waals surface area contributed by atoms with Crippen molar-refractivity contribution in [3.05, 3.63) is 66.0 Å². The average Bonchev–Trinajstić information content (AvgIpc) is 2.46. The van der Waals surface area contributed by atoms with Gasteiger partial charge in [-0.1, -0.05) is 30.3 Å². The van der Waals surface area contributed by atoms with Crippen LogP contribution in [0.15, 0.2) is 54.9 Å². The molecule has 0 fully saturated rings. The van der Waals surface area contributed by atoms with E-state index in [0.29, 0.717) is 0 Å². The normalized spacial score (nSPS) is 12.3. The molecule has 18 heavy (non-hydrogen) atoms. The summed E-state index contributed by atoms with van der Waals surface area (Å²) < 4.78 is 0. The molecule has 1 aromatic heterocycles. The number of hydrogen-bond donors (Lipinski definition) is 2. The predicted molar refractivity (Wildman–Crippen MR) is 72.2 cm³/mol. The minimum absolute atomic E-state index is 0.153. The summed E-state index contributed by atoms with van der Waals surface area (Å²) >= 11 is 0. The molecule has 2 N–H and O–H groups in total. The molecular weight excluding hydrogens is 224 g/mol. The Labute approximate surface area is 108 Å². The molecule has 0 aliphatic carbocycles. The second-order valence-corrected chi connectivity index (χ2v) is 4.16. The van der Waals surface area contributed by atoms with Crippen LogP contribution in [0.3, 0.4) is 0 Å². The fraction of sp³-hybridized carbons (Fsp3) is 0.267. The Kier molecular flexibility index (Phi) is 4.88. The first-order valence-corrected chi connectivity index (χ1v) is 6.21. The summed E-state index contributed by atoms with van der Waals surface area (Å²) in [5.41, 5.74) is 2.41. The van der Waals surface area contributed by atoms with Crippen molar-refractivity contribution < 1.29 is 5.11 Å². The lowest BCUT2D eigenvalue weighted by molar-refractivity contribution is 0.284. The second kappa shape index (κ2) is 6.89. The van der Waals surface area contributed by atoms with Gasteiger partial charge in [-0.2, -0.15) is 0 Å². The number of rotatable bonds is 6. The molecule has 0 aliphatic heterocycles. The maximum atomic E-state index is 8.87. The minimum Gasteiger partial charge on any atom is -0.396 e. The van der Waals surface area contributed by atoms with Crippen molar-refractivity contribution in [1.29, 1.82) is 0 Å². The van der Waals surface area contributed by atoms with Crippen LogP contribution >= 0.6 is 0 Å². The monoisotopic (exact) mass is 242 g/mol. The van der Waals surface area contributed by atoms with Crippen LogP contribution in [0, 0.1) is 0 Å². The van der Waals surface area contributed by atoms with Gasteiger partial charge in [-0.15, -0.1) is 0 Å². The minimum atomic E-state index is 0.153. The Morgan fingerprint density at radius 2 is 1.67 bits per heavy atom. The quantitative estimate of drug-likeness (QED) is 0.763.